The molecule has 26 heavy (non-hydrogen) atoms. The Morgan fingerprint density at radius 2 is 2.00 bits per heavy atom. The molecule has 0 fully saturated rings. The van der Waals surface area contributed by atoms with Crippen LogP contribution in [0, 0.1) is 6.92 Å². The number of carbonyl (C=O) groups excluding carboxylic acids is 2. The zero-order valence-electron chi connectivity index (χ0n) is 15.5. The number of aromatic nitrogens is 1. The van der Waals surface area contributed by atoms with Crippen molar-refractivity contribution in [2.75, 3.05) is 7.11 Å². The van der Waals surface area contributed by atoms with E-state index in [1.54, 1.807) is 42.2 Å². The van der Waals surface area contributed by atoms with Gasteiger partial charge in [-0.25, -0.2) is 9.78 Å². The lowest BCUT2D eigenvalue weighted by atomic mass is 9.95. The zero-order valence-corrected chi connectivity index (χ0v) is 17.1. The number of aryl methyl sites for hydroxylation is 1. The van der Waals surface area contributed by atoms with Crippen molar-refractivity contribution in [3.05, 3.63) is 46.5 Å². The summed E-state index contributed by atoms with van der Waals surface area (Å²) >= 11 is 3.31. The van der Waals surface area contributed by atoms with Crippen molar-refractivity contribution < 1.29 is 14.3 Å². The number of hydrogen-bond donors (Lipinski definition) is 1. The number of thioether (sulfide) groups is 1. The number of benzene rings is 1. The van der Waals surface area contributed by atoms with E-state index in [1.807, 2.05) is 31.4 Å². The van der Waals surface area contributed by atoms with Crippen molar-refractivity contribution in [1.82, 2.24) is 10.3 Å². The number of nitrogens with zero attached hydrogens (tertiary/aromatic N) is 1. The van der Waals surface area contributed by atoms with E-state index in [0.29, 0.717) is 12.0 Å². The van der Waals surface area contributed by atoms with Gasteiger partial charge in [-0.2, -0.15) is 0 Å². The lowest BCUT2D eigenvalue weighted by Crippen LogP contribution is -2.52. The maximum atomic E-state index is 12.5. The van der Waals surface area contributed by atoms with Gasteiger partial charge in [-0.15, -0.1) is 11.3 Å². The Morgan fingerprint density at radius 3 is 2.54 bits per heavy atom. The second kappa shape index (κ2) is 9.19. The molecule has 0 saturated carbocycles. The van der Waals surface area contributed by atoms with Crippen molar-refractivity contribution in [2.24, 2.45) is 0 Å². The lowest BCUT2D eigenvalue weighted by molar-refractivity contribution is -0.147. The number of carbonyl (C=O) groups is 2. The smallest absolute Gasteiger partial charge is 0.331 e. The Balaban J connectivity index is 1.99. The van der Waals surface area contributed by atoms with Gasteiger partial charge >= 0.3 is 5.97 Å². The van der Waals surface area contributed by atoms with Gasteiger partial charge in [-0.3, -0.25) is 4.79 Å². The van der Waals surface area contributed by atoms with Crippen LogP contribution in [0.5, 0.6) is 0 Å². The molecule has 5 nitrogen and oxygen atoms in total. The average Bonchev–Trinajstić information content (AvgIpc) is 3.05. The summed E-state index contributed by atoms with van der Waals surface area (Å²) in [6, 6.07) is 7.42. The summed E-state index contributed by atoms with van der Waals surface area (Å²) in [7, 11) is 1.33. The molecule has 1 atom stereocenters. The normalized spacial score (nSPS) is 13.1. The van der Waals surface area contributed by atoms with Crippen molar-refractivity contribution in [3.8, 4) is 0 Å². The molecule has 140 valence electrons. The van der Waals surface area contributed by atoms with Gasteiger partial charge in [0.2, 0.25) is 0 Å². The Bertz CT molecular complexity index is 758. The molecule has 0 aliphatic carbocycles. The summed E-state index contributed by atoms with van der Waals surface area (Å²) in [6.07, 6.45) is 1.28. The monoisotopic (exact) mass is 392 g/mol. The first-order valence-electron chi connectivity index (χ1n) is 8.42. The van der Waals surface area contributed by atoms with E-state index < -0.39 is 11.5 Å². The number of esters is 1. The van der Waals surface area contributed by atoms with Crippen LogP contribution in [0.15, 0.2) is 34.0 Å². The third kappa shape index (κ3) is 5.32. The maximum absolute atomic E-state index is 12.5. The van der Waals surface area contributed by atoms with Gasteiger partial charge < -0.3 is 10.1 Å². The Hall–Kier alpha value is -1.86. The van der Waals surface area contributed by atoms with Crippen LogP contribution in [0.4, 0.5) is 0 Å². The number of methoxy groups -OCH3 is 1. The van der Waals surface area contributed by atoms with Crippen molar-refractivity contribution in [1.29, 1.82) is 0 Å². The summed E-state index contributed by atoms with van der Waals surface area (Å²) in [4.78, 5) is 29.0. The van der Waals surface area contributed by atoms with Crippen LogP contribution in [0.1, 0.15) is 48.3 Å². The molecule has 2 rings (SSSR count). The topological polar surface area (TPSA) is 68.3 Å². The molecule has 0 spiro atoms. The molecule has 1 aromatic carbocycles. The standard InChI is InChI=1S/C19H24N2O3S2/c1-5-10-19(3,17(23)24-4)21-16(22)15-8-6-14(7-9-15)12-26-18-20-13(2)11-25-18/h6-9,11H,5,10,12H2,1-4H3,(H,21,22). The molecule has 0 aliphatic heterocycles. The summed E-state index contributed by atoms with van der Waals surface area (Å²) in [5, 5.41) is 4.85. The summed E-state index contributed by atoms with van der Waals surface area (Å²) < 4.78 is 5.88. The van der Waals surface area contributed by atoms with E-state index in [4.69, 9.17) is 4.74 Å². The first-order chi connectivity index (χ1) is 12.4. The predicted octanol–water partition coefficient (Wildman–Crippen LogP) is 4.21. The number of rotatable bonds is 8. The molecule has 0 aliphatic rings. The van der Waals surface area contributed by atoms with Crippen molar-refractivity contribution >= 4 is 35.0 Å². The molecule has 0 bridgehead atoms. The maximum Gasteiger partial charge on any atom is 0.331 e. The summed E-state index contributed by atoms with van der Waals surface area (Å²) in [6.45, 7) is 5.64. The molecule has 2 aromatic rings. The highest BCUT2D eigenvalue weighted by Crippen LogP contribution is 2.26. The first kappa shape index (κ1) is 20.5. The van der Waals surface area contributed by atoms with Crippen LogP contribution in [0.3, 0.4) is 0 Å². The van der Waals surface area contributed by atoms with Gasteiger partial charge in [-0.1, -0.05) is 37.2 Å². The van der Waals surface area contributed by atoms with Crippen molar-refractivity contribution in [3.63, 3.8) is 0 Å². The largest absolute Gasteiger partial charge is 0.467 e. The molecule has 1 amide bonds. The molecule has 0 radical (unpaired) electrons. The zero-order chi connectivity index (χ0) is 19.2. The van der Waals surface area contributed by atoms with Gasteiger partial charge in [0, 0.05) is 22.4 Å². The molecule has 1 N–H and O–H groups in total. The molecule has 1 unspecified atom stereocenters. The highest BCUT2D eigenvalue weighted by molar-refractivity contribution is 8.00. The van der Waals surface area contributed by atoms with Gasteiger partial charge in [0.15, 0.2) is 0 Å². The third-order valence-corrected chi connectivity index (χ3v) is 6.16. The minimum Gasteiger partial charge on any atom is -0.467 e. The quantitative estimate of drug-likeness (QED) is 0.538. The van der Waals surface area contributed by atoms with Gasteiger partial charge in [0.05, 0.1) is 7.11 Å². The lowest BCUT2D eigenvalue weighted by Gasteiger charge is -2.27. The average molecular weight is 393 g/mol. The summed E-state index contributed by atoms with van der Waals surface area (Å²) in [5.74, 6) is 0.0884. The summed E-state index contributed by atoms with van der Waals surface area (Å²) in [5.41, 5.74) is 1.65. The number of ether oxygens (including phenoxy) is 1. The van der Waals surface area contributed by atoms with Crippen molar-refractivity contribution in [2.45, 2.75) is 49.2 Å². The highest BCUT2D eigenvalue weighted by Gasteiger charge is 2.35. The number of nitrogens with one attached hydrogen (secondary N) is 1. The van der Waals surface area contributed by atoms with Gasteiger partial charge in [0.1, 0.15) is 9.88 Å². The Labute approximate surface area is 162 Å². The second-order valence-electron chi connectivity index (χ2n) is 6.27. The van der Waals surface area contributed by atoms with Crippen LogP contribution in [0.25, 0.3) is 0 Å². The van der Waals surface area contributed by atoms with Gasteiger partial charge in [-0.05, 0) is 38.0 Å². The fraction of sp³-hybridized carbons (Fsp3) is 0.421. The van der Waals surface area contributed by atoms with Crippen LogP contribution in [-0.4, -0.2) is 29.5 Å². The molecule has 1 aromatic heterocycles. The molecule has 7 heteroatoms. The predicted molar refractivity (Wildman–Crippen MR) is 106 cm³/mol. The molecule has 0 saturated heterocycles. The van der Waals surface area contributed by atoms with Crippen LogP contribution < -0.4 is 5.32 Å². The van der Waals surface area contributed by atoms with E-state index in [9.17, 15) is 9.59 Å². The van der Waals surface area contributed by atoms with Gasteiger partial charge in [0.25, 0.3) is 5.91 Å². The Morgan fingerprint density at radius 1 is 1.31 bits per heavy atom. The van der Waals surface area contributed by atoms with E-state index in [0.717, 1.165) is 27.8 Å². The van der Waals surface area contributed by atoms with E-state index in [1.165, 1.54) is 7.11 Å². The number of thiazole rings is 1. The fourth-order valence-corrected chi connectivity index (χ4v) is 4.36. The number of hydrogen-bond acceptors (Lipinski definition) is 6. The highest BCUT2D eigenvalue weighted by atomic mass is 32.2. The van der Waals surface area contributed by atoms with E-state index in [2.05, 4.69) is 10.3 Å². The van der Waals surface area contributed by atoms with Crippen LogP contribution in [0.2, 0.25) is 0 Å². The molecular weight excluding hydrogens is 368 g/mol. The first-order valence-corrected chi connectivity index (χ1v) is 10.3. The van der Waals surface area contributed by atoms with Crippen LogP contribution in [-0.2, 0) is 15.3 Å². The number of amides is 1. The minimum absolute atomic E-state index is 0.277. The molecular formula is C19H24N2O3S2. The minimum atomic E-state index is -1.02. The SMILES string of the molecule is CCCC(C)(NC(=O)c1ccc(CSc2nc(C)cs2)cc1)C(=O)OC. The van der Waals surface area contributed by atoms with E-state index in [-0.39, 0.29) is 5.91 Å². The van der Waals surface area contributed by atoms with Crippen LogP contribution >= 0.6 is 23.1 Å². The Kier molecular flexibility index (Phi) is 7.23. The second-order valence-corrected chi connectivity index (χ2v) is 8.35. The fourth-order valence-electron chi connectivity index (χ4n) is 2.56. The third-order valence-electron chi connectivity index (χ3n) is 3.95. The molecule has 1 heterocycles. The van der Waals surface area contributed by atoms with E-state index >= 15 is 0 Å².